The molecule has 0 heterocycles. The van der Waals surface area contributed by atoms with E-state index >= 15 is 0 Å². The maximum absolute atomic E-state index is 12.1. The molecule has 0 saturated heterocycles. The second-order valence-corrected chi connectivity index (χ2v) is 7.52. The fraction of sp³-hybridized carbons (Fsp3) is 0.933. The van der Waals surface area contributed by atoms with Gasteiger partial charge in [0.25, 0.3) is 0 Å². The predicted octanol–water partition coefficient (Wildman–Crippen LogP) is 2.65. The summed E-state index contributed by atoms with van der Waals surface area (Å²) in [7, 11) is 0. The van der Waals surface area contributed by atoms with Crippen LogP contribution in [0, 0.1) is 0 Å². The number of aliphatic hydroxyl groups excluding tert-OH is 1. The zero-order valence-corrected chi connectivity index (χ0v) is 13.3. The van der Waals surface area contributed by atoms with Gasteiger partial charge in [-0.2, -0.15) is 11.8 Å². The van der Waals surface area contributed by atoms with Gasteiger partial charge in [-0.15, -0.1) is 0 Å². The number of aliphatic hydroxyl groups is 1. The first-order chi connectivity index (χ1) is 9.69. The molecule has 0 radical (unpaired) electrons. The van der Waals surface area contributed by atoms with Gasteiger partial charge in [0, 0.05) is 17.3 Å². The van der Waals surface area contributed by atoms with Crippen LogP contribution in [-0.2, 0) is 0 Å². The number of amides is 2. The molecule has 5 heteroatoms. The Bertz CT molecular complexity index is 304. The quantitative estimate of drug-likeness (QED) is 0.748. The molecule has 0 spiro atoms. The van der Waals surface area contributed by atoms with E-state index in [0.29, 0.717) is 11.3 Å². The molecule has 2 aliphatic rings. The molecule has 0 aromatic carbocycles. The standard InChI is InChI=1S/C15H28N2O2S/c1-2-20-14-6-4-3-5-13(14)17-15(19)16-11-7-9-12(18)10-8-11/h11-14,18H,2-10H2,1H3,(H2,16,17,19)/t11?,12?,13-,14+/m0/s1. The highest BCUT2D eigenvalue weighted by atomic mass is 32.2. The minimum Gasteiger partial charge on any atom is -0.393 e. The molecule has 116 valence electrons. The summed E-state index contributed by atoms with van der Waals surface area (Å²) in [6.07, 6.45) is 8.08. The van der Waals surface area contributed by atoms with Gasteiger partial charge in [0.2, 0.25) is 0 Å². The second-order valence-electron chi connectivity index (χ2n) is 6.01. The monoisotopic (exact) mass is 300 g/mol. The maximum Gasteiger partial charge on any atom is 0.315 e. The molecule has 2 fully saturated rings. The summed E-state index contributed by atoms with van der Waals surface area (Å²) in [5.41, 5.74) is 0. The van der Waals surface area contributed by atoms with Crippen LogP contribution in [0.4, 0.5) is 4.79 Å². The zero-order chi connectivity index (χ0) is 14.4. The van der Waals surface area contributed by atoms with Crippen molar-refractivity contribution in [2.75, 3.05) is 5.75 Å². The fourth-order valence-electron chi connectivity index (χ4n) is 3.29. The minimum atomic E-state index is -0.167. The number of carbonyl (C=O) groups excluding carboxylic acids is 1. The normalized spacial score (nSPS) is 34.5. The van der Waals surface area contributed by atoms with Crippen molar-refractivity contribution in [3.63, 3.8) is 0 Å². The van der Waals surface area contributed by atoms with E-state index < -0.39 is 0 Å². The Balaban J connectivity index is 1.74. The van der Waals surface area contributed by atoms with Gasteiger partial charge in [-0.1, -0.05) is 19.8 Å². The van der Waals surface area contributed by atoms with E-state index in [0.717, 1.165) is 37.9 Å². The summed E-state index contributed by atoms with van der Waals surface area (Å²) in [6.45, 7) is 2.18. The van der Waals surface area contributed by atoms with Gasteiger partial charge >= 0.3 is 6.03 Å². The maximum atomic E-state index is 12.1. The van der Waals surface area contributed by atoms with Crippen molar-refractivity contribution in [2.24, 2.45) is 0 Å². The van der Waals surface area contributed by atoms with E-state index in [9.17, 15) is 9.90 Å². The molecule has 2 aliphatic carbocycles. The Morgan fingerprint density at radius 1 is 1.10 bits per heavy atom. The van der Waals surface area contributed by atoms with Crippen molar-refractivity contribution in [3.05, 3.63) is 0 Å². The van der Waals surface area contributed by atoms with E-state index in [1.807, 2.05) is 11.8 Å². The lowest BCUT2D eigenvalue weighted by Gasteiger charge is -2.33. The van der Waals surface area contributed by atoms with Gasteiger partial charge in [0.1, 0.15) is 0 Å². The molecule has 2 saturated carbocycles. The van der Waals surface area contributed by atoms with E-state index in [-0.39, 0.29) is 18.2 Å². The lowest BCUT2D eigenvalue weighted by Crippen LogP contribution is -2.51. The highest BCUT2D eigenvalue weighted by Gasteiger charge is 2.27. The van der Waals surface area contributed by atoms with E-state index in [1.54, 1.807) is 0 Å². The first-order valence-electron chi connectivity index (χ1n) is 8.05. The Kier molecular flexibility index (Phi) is 6.49. The SMILES string of the molecule is CCS[C@@H]1CCCC[C@@H]1NC(=O)NC1CCC(O)CC1. The number of nitrogens with one attached hydrogen (secondary N) is 2. The number of urea groups is 1. The van der Waals surface area contributed by atoms with E-state index in [4.69, 9.17) is 0 Å². The third-order valence-corrected chi connectivity index (χ3v) is 5.76. The molecule has 0 aliphatic heterocycles. The Labute approximate surface area is 126 Å². The van der Waals surface area contributed by atoms with Gasteiger partial charge in [-0.25, -0.2) is 4.79 Å². The van der Waals surface area contributed by atoms with Gasteiger partial charge in [-0.3, -0.25) is 0 Å². The first-order valence-corrected chi connectivity index (χ1v) is 9.10. The molecule has 3 N–H and O–H groups in total. The lowest BCUT2D eigenvalue weighted by molar-refractivity contribution is 0.117. The van der Waals surface area contributed by atoms with Crippen LogP contribution in [0.3, 0.4) is 0 Å². The van der Waals surface area contributed by atoms with E-state index in [1.165, 1.54) is 19.3 Å². The molecule has 0 unspecified atom stereocenters. The molecular formula is C15H28N2O2S. The third kappa shape index (κ3) is 4.85. The van der Waals surface area contributed by atoms with Crippen LogP contribution < -0.4 is 10.6 Å². The molecule has 2 rings (SSSR count). The highest BCUT2D eigenvalue weighted by Crippen LogP contribution is 2.28. The van der Waals surface area contributed by atoms with Crippen molar-refractivity contribution < 1.29 is 9.90 Å². The van der Waals surface area contributed by atoms with Crippen molar-refractivity contribution in [3.8, 4) is 0 Å². The van der Waals surface area contributed by atoms with E-state index in [2.05, 4.69) is 17.6 Å². The highest BCUT2D eigenvalue weighted by molar-refractivity contribution is 7.99. The number of thioether (sulfide) groups is 1. The summed E-state index contributed by atoms with van der Waals surface area (Å²) in [5, 5.41) is 16.3. The van der Waals surface area contributed by atoms with Gasteiger partial charge < -0.3 is 15.7 Å². The molecular weight excluding hydrogens is 272 g/mol. The van der Waals surface area contributed by atoms with Gasteiger partial charge in [0.05, 0.1) is 6.10 Å². The lowest BCUT2D eigenvalue weighted by atomic mass is 9.93. The third-order valence-electron chi connectivity index (χ3n) is 4.43. The molecule has 20 heavy (non-hydrogen) atoms. The van der Waals surface area contributed by atoms with Crippen molar-refractivity contribution in [1.29, 1.82) is 0 Å². The Morgan fingerprint density at radius 3 is 2.50 bits per heavy atom. The molecule has 2 atom stereocenters. The number of hydrogen-bond acceptors (Lipinski definition) is 3. The van der Waals surface area contributed by atoms with Gasteiger partial charge in [-0.05, 0) is 44.3 Å². The van der Waals surface area contributed by atoms with Crippen LogP contribution in [0.5, 0.6) is 0 Å². The number of hydrogen-bond donors (Lipinski definition) is 3. The van der Waals surface area contributed by atoms with Crippen LogP contribution >= 0.6 is 11.8 Å². The van der Waals surface area contributed by atoms with Crippen LogP contribution in [0.1, 0.15) is 58.3 Å². The number of carbonyl (C=O) groups is 1. The van der Waals surface area contributed by atoms with Crippen molar-refractivity contribution in [2.45, 2.75) is 81.7 Å². The summed E-state index contributed by atoms with van der Waals surface area (Å²) in [4.78, 5) is 12.1. The molecule has 0 bridgehead atoms. The summed E-state index contributed by atoms with van der Waals surface area (Å²) in [5.74, 6) is 1.12. The molecule has 0 aromatic heterocycles. The summed E-state index contributed by atoms with van der Waals surface area (Å²) >= 11 is 1.97. The minimum absolute atomic E-state index is 0.0139. The summed E-state index contributed by atoms with van der Waals surface area (Å²) < 4.78 is 0. The fourth-order valence-corrected chi connectivity index (χ4v) is 4.49. The summed E-state index contributed by atoms with van der Waals surface area (Å²) in [6, 6.07) is 0.544. The smallest absolute Gasteiger partial charge is 0.315 e. The van der Waals surface area contributed by atoms with Crippen molar-refractivity contribution >= 4 is 17.8 Å². The average molecular weight is 300 g/mol. The zero-order valence-electron chi connectivity index (χ0n) is 12.4. The van der Waals surface area contributed by atoms with Crippen LogP contribution in [0.2, 0.25) is 0 Å². The second kappa shape index (κ2) is 8.13. The Morgan fingerprint density at radius 2 is 1.80 bits per heavy atom. The first kappa shape index (κ1) is 16.0. The Hall–Kier alpha value is -0.420. The largest absolute Gasteiger partial charge is 0.393 e. The van der Waals surface area contributed by atoms with Crippen LogP contribution in [0.15, 0.2) is 0 Å². The predicted molar refractivity (Wildman–Crippen MR) is 84.1 cm³/mol. The number of rotatable bonds is 4. The molecule has 0 aromatic rings. The van der Waals surface area contributed by atoms with Crippen LogP contribution in [0.25, 0.3) is 0 Å². The molecule has 4 nitrogen and oxygen atoms in total. The van der Waals surface area contributed by atoms with Crippen LogP contribution in [-0.4, -0.2) is 40.3 Å². The molecule has 2 amide bonds. The van der Waals surface area contributed by atoms with Gasteiger partial charge in [0.15, 0.2) is 0 Å². The van der Waals surface area contributed by atoms with Crippen molar-refractivity contribution in [1.82, 2.24) is 10.6 Å². The average Bonchev–Trinajstić information content (AvgIpc) is 2.44. The topological polar surface area (TPSA) is 61.4 Å².